The molecule has 0 unspecified atom stereocenters. The van der Waals surface area contributed by atoms with E-state index >= 15 is 0 Å². The Bertz CT molecular complexity index is 630. The minimum absolute atomic E-state index is 0.0666. The van der Waals surface area contributed by atoms with E-state index in [-0.39, 0.29) is 38.3 Å². The minimum Gasteiger partial charge on any atom is -0.464 e. The van der Waals surface area contributed by atoms with Gasteiger partial charge in [-0.05, 0) is 45.2 Å². The van der Waals surface area contributed by atoms with Crippen molar-refractivity contribution in [2.24, 2.45) is 0 Å². The van der Waals surface area contributed by atoms with Crippen molar-refractivity contribution < 1.29 is 28.6 Å². The Kier molecular flexibility index (Phi) is 8.94. The molecule has 0 aromatic heterocycles. The molecule has 1 aliphatic rings. The lowest BCUT2D eigenvalue weighted by molar-refractivity contribution is -0.164. The maximum Gasteiger partial charge on any atom is 0.335 e. The van der Waals surface area contributed by atoms with Crippen LogP contribution in [0.3, 0.4) is 0 Å². The summed E-state index contributed by atoms with van der Waals surface area (Å²) in [6.45, 7) is 4.61. The van der Waals surface area contributed by atoms with Crippen molar-refractivity contribution in [1.29, 1.82) is 0 Å². The van der Waals surface area contributed by atoms with Gasteiger partial charge >= 0.3 is 17.9 Å². The van der Waals surface area contributed by atoms with Gasteiger partial charge in [-0.15, -0.1) is 0 Å². The summed E-state index contributed by atoms with van der Waals surface area (Å²) in [7, 11) is 0. The van der Waals surface area contributed by atoms with Crippen LogP contribution in [0.25, 0.3) is 0 Å². The van der Waals surface area contributed by atoms with Crippen molar-refractivity contribution in [3.63, 3.8) is 0 Å². The average Bonchev–Trinajstić information content (AvgIpc) is 3.14. The topological polar surface area (TPSA) is 82.1 Å². The number of esters is 3. The number of carbonyl (C=O) groups excluding carboxylic acids is 3. The standard InChI is InChI=1S/C21H29NO6/c1-3-26-20(24)19(21(25)27-4-2)22-14-8-11-17(22)12-13-18(23)28-15-16-9-6-5-7-10-16/h5-7,9-10,17,19H,3-4,8,11-15H2,1-2H3/t17-/m1/s1. The van der Waals surface area contributed by atoms with Gasteiger partial charge in [-0.2, -0.15) is 0 Å². The highest BCUT2D eigenvalue weighted by Crippen LogP contribution is 2.25. The van der Waals surface area contributed by atoms with Crippen molar-refractivity contribution >= 4 is 17.9 Å². The van der Waals surface area contributed by atoms with Crippen LogP contribution in [0.5, 0.6) is 0 Å². The Balaban J connectivity index is 1.91. The predicted molar refractivity (Wildman–Crippen MR) is 102 cm³/mol. The van der Waals surface area contributed by atoms with E-state index in [0.29, 0.717) is 13.0 Å². The number of likely N-dealkylation sites (tertiary alicyclic amines) is 1. The normalized spacial score (nSPS) is 16.8. The summed E-state index contributed by atoms with van der Waals surface area (Å²) >= 11 is 0. The number of nitrogens with zero attached hydrogens (tertiary/aromatic N) is 1. The van der Waals surface area contributed by atoms with Crippen LogP contribution in [0.2, 0.25) is 0 Å². The molecule has 7 heteroatoms. The van der Waals surface area contributed by atoms with Gasteiger partial charge in [-0.25, -0.2) is 9.59 Å². The molecule has 1 saturated heterocycles. The Morgan fingerprint density at radius 1 is 1.04 bits per heavy atom. The molecule has 1 aromatic carbocycles. The zero-order valence-electron chi connectivity index (χ0n) is 16.6. The first-order valence-electron chi connectivity index (χ1n) is 9.85. The molecule has 0 N–H and O–H groups in total. The van der Waals surface area contributed by atoms with Crippen LogP contribution >= 0.6 is 0 Å². The van der Waals surface area contributed by atoms with Crippen LogP contribution in [0, 0.1) is 0 Å². The fourth-order valence-electron chi connectivity index (χ4n) is 3.41. The molecule has 28 heavy (non-hydrogen) atoms. The van der Waals surface area contributed by atoms with Gasteiger partial charge in [0.2, 0.25) is 6.04 Å². The van der Waals surface area contributed by atoms with Gasteiger partial charge in [0.25, 0.3) is 0 Å². The maximum atomic E-state index is 12.3. The molecule has 0 bridgehead atoms. The zero-order chi connectivity index (χ0) is 20.4. The number of ether oxygens (including phenoxy) is 3. The van der Waals surface area contributed by atoms with Crippen LogP contribution in [0.1, 0.15) is 45.1 Å². The van der Waals surface area contributed by atoms with E-state index in [2.05, 4.69) is 0 Å². The predicted octanol–water partition coefficient (Wildman–Crippen LogP) is 2.47. The molecule has 0 amide bonds. The van der Waals surface area contributed by atoms with E-state index in [4.69, 9.17) is 14.2 Å². The fourth-order valence-corrected chi connectivity index (χ4v) is 3.41. The SMILES string of the molecule is CCOC(=O)C(C(=O)OCC)N1CCC[C@@H]1CCC(=O)OCc1ccccc1. The first-order valence-corrected chi connectivity index (χ1v) is 9.85. The summed E-state index contributed by atoms with van der Waals surface area (Å²) in [6.07, 6.45) is 2.40. The monoisotopic (exact) mass is 391 g/mol. The number of carbonyl (C=O) groups is 3. The molecule has 7 nitrogen and oxygen atoms in total. The summed E-state index contributed by atoms with van der Waals surface area (Å²) in [6, 6.07) is 8.35. The Morgan fingerprint density at radius 3 is 2.29 bits per heavy atom. The highest BCUT2D eigenvalue weighted by Gasteiger charge is 2.41. The van der Waals surface area contributed by atoms with E-state index in [1.807, 2.05) is 30.3 Å². The summed E-state index contributed by atoms with van der Waals surface area (Å²) in [5.74, 6) is -1.49. The number of rotatable bonds is 10. The Labute approximate surface area is 165 Å². The average molecular weight is 391 g/mol. The third kappa shape index (κ3) is 6.34. The van der Waals surface area contributed by atoms with Gasteiger partial charge in [0.05, 0.1) is 13.2 Å². The van der Waals surface area contributed by atoms with Gasteiger partial charge in [-0.3, -0.25) is 9.69 Å². The fraction of sp³-hybridized carbons (Fsp3) is 0.571. The van der Waals surface area contributed by atoms with E-state index < -0.39 is 18.0 Å². The molecule has 1 aliphatic heterocycles. The van der Waals surface area contributed by atoms with Crippen LogP contribution in [-0.2, 0) is 35.2 Å². The highest BCUT2D eigenvalue weighted by atomic mass is 16.6. The molecule has 1 atom stereocenters. The lowest BCUT2D eigenvalue weighted by Crippen LogP contribution is -2.50. The van der Waals surface area contributed by atoms with Gasteiger partial charge in [0.15, 0.2) is 0 Å². The van der Waals surface area contributed by atoms with Crippen molar-refractivity contribution in [2.75, 3.05) is 19.8 Å². The third-order valence-electron chi connectivity index (χ3n) is 4.70. The van der Waals surface area contributed by atoms with Gasteiger partial charge in [0, 0.05) is 12.5 Å². The molecule has 0 spiro atoms. The summed E-state index contributed by atoms with van der Waals surface area (Å²) < 4.78 is 15.5. The Morgan fingerprint density at radius 2 is 1.68 bits per heavy atom. The molecule has 1 heterocycles. The molecule has 0 saturated carbocycles. The van der Waals surface area contributed by atoms with Crippen molar-refractivity contribution in [1.82, 2.24) is 4.90 Å². The molecule has 0 radical (unpaired) electrons. The van der Waals surface area contributed by atoms with Crippen LogP contribution in [0.4, 0.5) is 0 Å². The van der Waals surface area contributed by atoms with Crippen molar-refractivity contribution in [3.8, 4) is 0 Å². The van der Waals surface area contributed by atoms with Crippen LogP contribution in [-0.4, -0.2) is 54.7 Å². The molecule has 1 fully saturated rings. The largest absolute Gasteiger partial charge is 0.464 e. The number of hydrogen-bond acceptors (Lipinski definition) is 7. The van der Waals surface area contributed by atoms with Crippen LogP contribution in [0.15, 0.2) is 30.3 Å². The zero-order valence-corrected chi connectivity index (χ0v) is 16.6. The van der Waals surface area contributed by atoms with E-state index in [9.17, 15) is 14.4 Å². The lowest BCUT2D eigenvalue weighted by atomic mass is 10.1. The van der Waals surface area contributed by atoms with Gasteiger partial charge in [0.1, 0.15) is 6.61 Å². The molecular formula is C21H29NO6. The quantitative estimate of drug-likeness (QED) is 0.344. The second-order valence-corrected chi connectivity index (χ2v) is 6.63. The van der Waals surface area contributed by atoms with Gasteiger partial charge in [-0.1, -0.05) is 30.3 Å². The molecular weight excluding hydrogens is 362 g/mol. The molecule has 1 aromatic rings. The smallest absolute Gasteiger partial charge is 0.335 e. The number of hydrogen-bond donors (Lipinski definition) is 0. The van der Waals surface area contributed by atoms with Crippen molar-refractivity contribution in [3.05, 3.63) is 35.9 Å². The van der Waals surface area contributed by atoms with Gasteiger partial charge < -0.3 is 14.2 Å². The van der Waals surface area contributed by atoms with E-state index in [1.54, 1.807) is 18.7 Å². The van der Waals surface area contributed by atoms with E-state index in [1.165, 1.54) is 0 Å². The summed E-state index contributed by atoms with van der Waals surface area (Å²) in [5.41, 5.74) is 0.933. The Hall–Kier alpha value is -2.41. The van der Waals surface area contributed by atoms with Crippen molar-refractivity contribution in [2.45, 2.75) is 58.2 Å². The third-order valence-corrected chi connectivity index (χ3v) is 4.70. The molecule has 154 valence electrons. The second kappa shape index (κ2) is 11.4. The second-order valence-electron chi connectivity index (χ2n) is 6.63. The van der Waals surface area contributed by atoms with Crippen LogP contribution < -0.4 is 0 Å². The molecule has 2 rings (SSSR count). The summed E-state index contributed by atoms with van der Waals surface area (Å²) in [4.78, 5) is 38.6. The first-order chi connectivity index (χ1) is 13.6. The highest BCUT2D eigenvalue weighted by molar-refractivity contribution is 5.99. The minimum atomic E-state index is -1.08. The molecule has 0 aliphatic carbocycles. The maximum absolute atomic E-state index is 12.3. The first kappa shape index (κ1) is 21.9. The van der Waals surface area contributed by atoms with E-state index in [0.717, 1.165) is 18.4 Å². The number of benzene rings is 1. The lowest BCUT2D eigenvalue weighted by Gasteiger charge is -2.29. The summed E-state index contributed by atoms with van der Waals surface area (Å²) in [5, 5.41) is 0.